The predicted molar refractivity (Wildman–Crippen MR) is 98.9 cm³/mol. The molecule has 6 nitrogen and oxygen atoms in total. The molecule has 0 saturated carbocycles. The Bertz CT molecular complexity index is 834. The molecule has 0 aliphatic heterocycles. The Balaban J connectivity index is 1.46. The van der Waals surface area contributed by atoms with Gasteiger partial charge in [-0.25, -0.2) is 4.98 Å². The van der Waals surface area contributed by atoms with Crippen molar-refractivity contribution in [3.63, 3.8) is 0 Å². The number of carbonyl (C=O) groups excluding carboxylic acids is 1. The highest BCUT2D eigenvalue weighted by atomic mass is 16.5. The number of nitrogens with one attached hydrogen (secondary N) is 1. The van der Waals surface area contributed by atoms with Crippen LogP contribution in [0, 0.1) is 0 Å². The second-order valence-electron chi connectivity index (χ2n) is 5.78. The number of amides is 1. The van der Waals surface area contributed by atoms with Gasteiger partial charge in [0, 0.05) is 31.2 Å². The Labute approximate surface area is 152 Å². The maximum absolute atomic E-state index is 11.0. The lowest BCUT2D eigenvalue weighted by Crippen LogP contribution is -2.16. The van der Waals surface area contributed by atoms with Crippen molar-refractivity contribution in [2.45, 2.75) is 13.0 Å². The van der Waals surface area contributed by atoms with Crippen LogP contribution in [0.5, 0.6) is 11.6 Å². The van der Waals surface area contributed by atoms with Gasteiger partial charge in [0.25, 0.3) is 0 Å². The van der Waals surface area contributed by atoms with E-state index in [1.807, 2.05) is 36.5 Å². The molecule has 6 heteroatoms. The lowest BCUT2D eigenvalue weighted by Gasteiger charge is -2.07. The summed E-state index contributed by atoms with van der Waals surface area (Å²) >= 11 is 0. The molecule has 3 aromatic rings. The average Bonchev–Trinajstić information content (AvgIpc) is 2.68. The van der Waals surface area contributed by atoms with Gasteiger partial charge in [0.05, 0.1) is 5.56 Å². The second kappa shape index (κ2) is 8.73. The molecule has 0 aliphatic carbocycles. The Kier molecular flexibility index (Phi) is 5.90. The first-order valence-corrected chi connectivity index (χ1v) is 8.33. The number of hydrogen-bond acceptors (Lipinski definition) is 5. The molecule has 3 rings (SSSR count). The Morgan fingerprint density at radius 2 is 1.88 bits per heavy atom. The maximum atomic E-state index is 11.0. The lowest BCUT2D eigenvalue weighted by atomic mass is 10.1. The second-order valence-corrected chi connectivity index (χ2v) is 5.78. The van der Waals surface area contributed by atoms with E-state index in [1.165, 1.54) is 17.3 Å². The minimum absolute atomic E-state index is 0.353. The highest BCUT2D eigenvalue weighted by molar-refractivity contribution is 5.92. The summed E-state index contributed by atoms with van der Waals surface area (Å²) in [5, 5.41) is 3.40. The molecule has 0 atom stereocenters. The van der Waals surface area contributed by atoms with Crippen molar-refractivity contribution in [1.82, 2.24) is 15.3 Å². The summed E-state index contributed by atoms with van der Waals surface area (Å²) in [4.78, 5) is 19.2. The van der Waals surface area contributed by atoms with E-state index in [1.54, 1.807) is 18.3 Å². The molecule has 3 N–H and O–H groups in total. The first-order chi connectivity index (χ1) is 12.7. The molecule has 0 spiro atoms. The molecule has 132 valence electrons. The summed E-state index contributed by atoms with van der Waals surface area (Å²) < 4.78 is 5.67. The molecule has 1 amide bonds. The van der Waals surface area contributed by atoms with Crippen molar-refractivity contribution in [1.29, 1.82) is 0 Å². The van der Waals surface area contributed by atoms with E-state index in [4.69, 9.17) is 10.5 Å². The molecule has 0 saturated heterocycles. The monoisotopic (exact) mass is 348 g/mol. The van der Waals surface area contributed by atoms with E-state index >= 15 is 0 Å². The number of benzene rings is 1. The largest absolute Gasteiger partial charge is 0.439 e. The third kappa shape index (κ3) is 5.12. The number of pyridine rings is 2. The van der Waals surface area contributed by atoms with Crippen LogP contribution in [0.2, 0.25) is 0 Å². The van der Waals surface area contributed by atoms with E-state index in [0.717, 1.165) is 19.5 Å². The number of nitrogens with zero attached hydrogens (tertiary/aromatic N) is 2. The fourth-order valence-corrected chi connectivity index (χ4v) is 2.40. The van der Waals surface area contributed by atoms with Crippen LogP contribution < -0.4 is 15.8 Å². The number of aromatic nitrogens is 2. The van der Waals surface area contributed by atoms with Crippen LogP contribution in [0.15, 0.2) is 67.1 Å². The van der Waals surface area contributed by atoms with Gasteiger partial charge in [-0.05, 0) is 48.4 Å². The van der Waals surface area contributed by atoms with Gasteiger partial charge in [-0.2, -0.15) is 0 Å². The SMILES string of the molecule is NC(=O)c1ccc(Oc2ccc(CCNCc3cccnc3)cc2)nc1. The van der Waals surface area contributed by atoms with Crippen molar-refractivity contribution in [2.75, 3.05) is 6.54 Å². The molecular weight excluding hydrogens is 328 g/mol. The summed E-state index contributed by atoms with van der Waals surface area (Å²) in [7, 11) is 0. The molecule has 0 aliphatic rings. The van der Waals surface area contributed by atoms with Gasteiger partial charge in [-0.3, -0.25) is 9.78 Å². The average molecular weight is 348 g/mol. The molecule has 26 heavy (non-hydrogen) atoms. The van der Waals surface area contributed by atoms with Crippen LogP contribution in [0.3, 0.4) is 0 Å². The van der Waals surface area contributed by atoms with Crippen LogP contribution in [0.25, 0.3) is 0 Å². The van der Waals surface area contributed by atoms with Gasteiger partial charge in [0.1, 0.15) is 5.75 Å². The van der Waals surface area contributed by atoms with E-state index in [-0.39, 0.29) is 0 Å². The van der Waals surface area contributed by atoms with Crippen LogP contribution in [-0.4, -0.2) is 22.4 Å². The molecule has 1 aromatic carbocycles. The maximum Gasteiger partial charge on any atom is 0.250 e. The van der Waals surface area contributed by atoms with Crippen LogP contribution >= 0.6 is 0 Å². The normalized spacial score (nSPS) is 10.5. The van der Waals surface area contributed by atoms with Crippen molar-refractivity contribution in [3.8, 4) is 11.6 Å². The van der Waals surface area contributed by atoms with Crippen molar-refractivity contribution in [3.05, 3.63) is 83.8 Å². The quantitative estimate of drug-likeness (QED) is 0.611. The first-order valence-electron chi connectivity index (χ1n) is 8.33. The molecule has 0 unspecified atom stereocenters. The highest BCUT2D eigenvalue weighted by Gasteiger charge is 2.03. The van der Waals surface area contributed by atoms with E-state index in [9.17, 15) is 4.79 Å². The third-order valence-corrected chi connectivity index (χ3v) is 3.81. The topological polar surface area (TPSA) is 90.1 Å². The van der Waals surface area contributed by atoms with Crippen LogP contribution in [-0.2, 0) is 13.0 Å². The summed E-state index contributed by atoms with van der Waals surface area (Å²) in [5.74, 6) is 0.600. The minimum Gasteiger partial charge on any atom is -0.439 e. The lowest BCUT2D eigenvalue weighted by molar-refractivity contribution is 0.1000. The van der Waals surface area contributed by atoms with Crippen LogP contribution in [0.4, 0.5) is 0 Å². The molecule has 2 aromatic heterocycles. The zero-order chi connectivity index (χ0) is 18.2. The Morgan fingerprint density at radius 3 is 2.54 bits per heavy atom. The minimum atomic E-state index is -0.509. The predicted octanol–water partition coefficient (Wildman–Crippen LogP) is 2.70. The van der Waals surface area contributed by atoms with E-state index < -0.39 is 5.91 Å². The smallest absolute Gasteiger partial charge is 0.250 e. The van der Waals surface area contributed by atoms with Gasteiger partial charge in [-0.15, -0.1) is 0 Å². The summed E-state index contributed by atoms with van der Waals surface area (Å²) in [6.07, 6.45) is 5.96. The summed E-state index contributed by atoms with van der Waals surface area (Å²) in [6.45, 7) is 1.69. The fourth-order valence-electron chi connectivity index (χ4n) is 2.40. The number of carbonyl (C=O) groups is 1. The van der Waals surface area contributed by atoms with Crippen molar-refractivity contribution in [2.24, 2.45) is 5.73 Å². The molecule has 2 heterocycles. The summed E-state index contributed by atoms with van der Waals surface area (Å²) in [5.41, 5.74) is 7.93. The molecule has 0 radical (unpaired) electrons. The number of rotatable bonds is 8. The standard InChI is InChI=1S/C20H20N4O2/c21-20(25)17-5-8-19(24-14-17)26-18-6-3-15(4-7-18)9-11-23-13-16-2-1-10-22-12-16/h1-8,10,12,14,23H,9,11,13H2,(H2,21,25). The number of ether oxygens (including phenoxy) is 1. The zero-order valence-electron chi connectivity index (χ0n) is 14.3. The van der Waals surface area contributed by atoms with Gasteiger partial charge < -0.3 is 15.8 Å². The fraction of sp³-hybridized carbons (Fsp3) is 0.150. The third-order valence-electron chi connectivity index (χ3n) is 3.81. The van der Waals surface area contributed by atoms with E-state index in [0.29, 0.717) is 17.2 Å². The zero-order valence-corrected chi connectivity index (χ0v) is 14.3. The van der Waals surface area contributed by atoms with E-state index in [2.05, 4.69) is 21.4 Å². The van der Waals surface area contributed by atoms with Gasteiger partial charge in [0.2, 0.25) is 11.8 Å². The van der Waals surface area contributed by atoms with Crippen molar-refractivity contribution >= 4 is 5.91 Å². The number of hydrogen-bond donors (Lipinski definition) is 2. The van der Waals surface area contributed by atoms with Gasteiger partial charge in [-0.1, -0.05) is 18.2 Å². The molecule has 0 fully saturated rings. The Hall–Kier alpha value is -3.25. The first kappa shape index (κ1) is 17.6. The highest BCUT2D eigenvalue weighted by Crippen LogP contribution is 2.20. The number of primary amides is 1. The van der Waals surface area contributed by atoms with Gasteiger partial charge in [0.15, 0.2) is 0 Å². The number of nitrogens with two attached hydrogens (primary N) is 1. The van der Waals surface area contributed by atoms with Gasteiger partial charge >= 0.3 is 0 Å². The molecular formula is C20H20N4O2. The molecule has 0 bridgehead atoms. The van der Waals surface area contributed by atoms with Crippen molar-refractivity contribution < 1.29 is 9.53 Å². The summed E-state index contributed by atoms with van der Waals surface area (Å²) in [6, 6.07) is 15.1. The van der Waals surface area contributed by atoms with Crippen LogP contribution in [0.1, 0.15) is 21.5 Å². The Morgan fingerprint density at radius 1 is 1.04 bits per heavy atom.